The van der Waals surface area contributed by atoms with E-state index in [0.717, 1.165) is 6.07 Å². The van der Waals surface area contributed by atoms with Gasteiger partial charge < -0.3 is 9.47 Å². The van der Waals surface area contributed by atoms with Gasteiger partial charge in [0.2, 0.25) is 0 Å². The molecule has 138 valence electrons. The molecule has 0 spiro atoms. The molecule has 0 aliphatic carbocycles. The molecule has 3 heterocycles. The molecule has 3 rings (SSSR count). The first-order chi connectivity index (χ1) is 12.3. The third-order valence-corrected chi connectivity index (χ3v) is 3.38. The minimum atomic E-state index is -4.58. The van der Waals surface area contributed by atoms with E-state index in [0.29, 0.717) is 22.7 Å². The van der Waals surface area contributed by atoms with Crippen molar-refractivity contribution in [1.82, 2.24) is 24.8 Å². The number of hydrogen-bond donors (Lipinski definition) is 0. The highest BCUT2D eigenvalue weighted by molar-refractivity contribution is 5.64. The van der Waals surface area contributed by atoms with Crippen LogP contribution >= 0.6 is 0 Å². The van der Waals surface area contributed by atoms with Crippen molar-refractivity contribution in [2.45, 2.75) is 19.7 Å². The van der Waals surface area contributed by atoms with E-state index in [1.54, 1.807) is 13.0 Å². The average molecular weight is 371 g/mol. The Morgan fingerprint density at radius 3 is 2.62 bits per heavy atom. The van der Waals surface area contributed by atoms with Gasteiger partial charge in [0.05, 0.1) is 5.69 Å². The molecule has 11 heteroatoms. The molecular weight excluding hydrogens is 358 g/mol. The van der Waals surface area contributed by atoms with Crippen LogP contribution in [-0.4, -0.2) is 44.7 Å². The normalized spacial score (nSPS) is 11.9. The van der Waals surface area contributed by atoms with Crippen molar-refractivity contribution in [3.05, 3.63) is 35.5 Å². The maximum Gasteiger partial charge on any atom is 0.422 e. The molecule has 0 aromatic carbocycles. The fourth-order valence-corrected chi connectivity index (χ4v) is 2.28. The second-order valence-corrected chi connectivity index (χ2v) is 5.41. The first kappa shape index (κ1) is 18.0. The highest BCUT2D eigenvalue weighted by Gasteiger charge is 2.29. The van der Waals surface area contributed by atoms with Gasteiger partial charge >= 0.3 is 6.18 Å². The Labute approximate surface area is 144 Å². The van der Waals surface area contributed by atoms with Crippen LogP contribution in [0.4, 0.5) is 17.6 Å². The third-order valence-electron chi connectivity index (χ3n) is 3.38. The topological polar surface area (TPSA) is 74.4 Å². The quantitative estimate of drug-likeness (QED) is 0.642. The predicted molar refractivity (Wildman–Crippen MR) is 81.0 cm³/mol. The summed E-state index contributed by atoms with van der Waals surface area (Å²) in [6, 6.07) is 2.71. The van der Waals surface area contributed by atoms with E-state index >= 15 is 0 Å². The molecule has 0 bridgehead atoms. The lowest BCUT2D eigenvalue weighted by atomic mass is 10.1. The van der Waals surface area contributed by atoms with Crippen LogP contribution in [0.3, 0.4) is 0 Å². The number of rotatable bonds is 5. The summed E-state index contributed by atoms with van der Waals surface area (Å²) in [5, 5.41) is 12.3. The van der Waals surface area contributed by atoms with Gasteiger partial charge in [0, 0.05) is 18.9 Å². The molecule has 0 aliphatic rings. The monoisotopic (exact) mass is 371 g/mol. The summed E-state index contributed by atoms with van der Waals surface area (Å²) < 4.78 is 61.4. The van der Waals surface area contributed by atoms with Crippen LogP contribution in [0.5, 0.6) is 5.88 Å². The number of nitrogens with zero attached hydrogens (tertiary/aromatic N) is 5. The molecule has 0 saturated heterocycles. The average Bonchev–Trinajstić information content (AvgIpc) is 2.94. The van der Waals surface area contributed by atoms with Crippen LogP contribution < -0.4 is 4.74 Å². The zero-order chi connectivity index (χ0) is 18.9. The lowest BCUT2D eigenvalue weighted by molar-refractivity contribution is -0.154. The molecule has 0 fully saturated rings. The summed E-state index contributed by atoms with van der Waals surface area (Å²) in [7, 11) is 1.50. The van der Waals surface area contributed by atoms with Crippen molar-refractivity contribution in [1.29, 1.82) is 0 Å². The van der Waals surface area contributed by atoms with Gasteiger partial charge in [-0.05, 0) is 24.6 Å². The standard InChI is InChI=1S/C15H13F4N5O2/c1-8-3-11-21-22-12(6-25-2)24(11)23-13(8)9-4-10(16)14(20-5-9)26-7-15(17,18)19/h3-5H,6-7H2,1-2H3. The van der Waals surface area contributed by atoms with Crippen LogP contribution in [0.2, 0.25) is 0 Å². The Hall–Kier alpha value is -2.82. The maximum atomic E-state index is 14.1. The van der Waals surface area contributed by atoms with Gasteiger partial charge in [-0.3, -0.25) is 0 Å². The molecule has 7 nitrogen and oxygen atoms in total. The number of pyridine rings is 1. The number of fused-ring (bicyclic) bond motifs is 1. The van der Waals surface area contributed by atoms with E-state index in [-0.39, 0.29) is 12.2 Å². The molecular formula is C15H13F4N5O2. The molecule has 3 aromatic heterocycles. The van der Waals surface area contributed by atoms with Crippen molar-refractivity contribution in [3.8, 4) is 17.1 Å². The minimum absolute atomic E-state index is 0.174. The summed E-state index contributed by atoms with van der Waals surface area (Å²) in [5.74, 6) is -1.30. The van der Waals surface area contributed by atoms with E-state index in [1.807, 2.05) is 0 Å². The first-order valence-corrected chi connectivity index (χ1v) is 7.35. The second kappa shape index (κ2) is 6.83. The van der Waals surface area contributed by atoms with Crippen molar-refractivity contribution >= 4 is 5.65 Å². The Kier molecular flexibility index (Phi) is 4.72. The number of ether oxygens (including phenoxy) is 2. The summed E-state index contributed by atoms with van der Waals surface area (Å²) in [4.78, 5) is 3.62. The van der Waals surface area contributed by atoms with Crippen molar-refractivity contribution < 1.29 is 27.0 Å². The zero-order valence-corrected chi connectivity index (χ0v) is 13.7. The molecule has 3 aromatic rings. The predicted octanol–water partition coefficient (Wildman–Crippen LogP) is 2.72. The lowest BCUT2D eigenvalue weighted by Gasteiger charge is -2.10. The molecule has 0 aliphatic heterocycles. The summed E-state index contributed by atoms with van der Waals surface area (Å²) >= 11 is 0. The number of aryl methyl sites for hydroxylation is 1. The molecule has 26 heavy (non-hydrogen) atoms. The van der Waals surface area contributed by atoms with Gasteiger partial charge in [-0.25, -0.2) is 9.37 Å². The van der Waals surface area contributed by atoms with E-state index in [1.165, 1.54) is 17.8 Å². The molecule has 0 amide bonds. The highest BCUT2D eigenvalue weighted by atomic mass is 19.4. The smallest absolute Gasteiger partial charge is 0.422 e. The molecule has 0 atom stereocenters. The van der Waals surface area contributed by atoms with Crippen LogP contribution in [0.25, 0.3) is 16.9 Å². The van der Waals surface area contributed by atoms with Gasteiger partial charge in [0.15, 0.2) is 23.9 Å². The summed E-state index contributed by atoms with van der Waals surface area (Å²) in [6.45, 7) is 0.285. The van der Waals surface area contributed by atoms with Gasteiger partial charge in [-0.15, -0.1) is 10.2 Å². The van der Waals surface area contributed by atoms with Crippen molar-refractivity contribution in [3.63, 3.8) is 0 Å². The van der Waals surface area contributed by atoms with Gasteiger partial charge in [-0.2, -0.15) is 22.8 Å². The Morgan fingerprint density at radius 2 is 1.96 bits per heavy atom. The third kappa shape index (κ3) is 3.72. The largest absolute Gasteiger partial charge is 0.466 e. The fraction of sp³-hybridized carbons (Fsp3) is 0.333. The number of hydrogen-bond acceptors (Lipinski definition) is 6. The molecule has 0 saturated carbocycles. The summed E-state index contributed by atoms with van der Waals surface area (Å²) in [6.07, 6.45) is -3.39. The zero-order valence-electron chi connectivity index (χ0n) is 13.7. The second-order valence-electron chi connectivity index (χ2n) is 5.41. The van der Waals surface area contributed by atoms with E-state index in [4.69, 9.17) is 4.74 Å². The number of alkyl halides is 3. The number of halogens is 4. The van der Waals surface area contributed by atoms with Crippen LogP contribution in [0.1, 0.15) is 11.4 Å². The van der Waals surface area contributed by atoms with Gasteiger partial charge in [-0.1, -0.05) is 0 Å². The fourth-order valence-electron chi connectivity index (χ4n) is 2.28. The van der Waals surface area contributed by atoms with E-state index in [2.05, 4.69) is 25.0 Å². The van der Waals surface area contributed by atoms with Crippen molar-refractivity contribution in [2.75, 3.05) is 13.7 Å². The SMILES string of the molecule is COCc1nnc2cc(C)c(-c3cnc(OCC(F)(F)F)c(F)c3)nn12. The van der Waals surface area contributed by atoms with Gasteiger partial charge in [0.25, 0.3) is 5.88 Å². The Bertz CT molecular complexity index is 942. The van der Waals surface area contributed by atoms with Crippen LogP contribution in [-0.2, 0) is 11.3 Å². The molecule has 0 radical (unpaired) electrons. The van der Waals surface area contributed by atoms with E-state index < -0.39 is 24.5 Å². The minimum Gasteiger partial charge on any atom is -0.466 e. The maximum absolute atomic E-state index is 14.1. The lowest BCUT2D eigenvalue weighted by Crippen LogP contribution is -2.20. The van der Waals surface area contributed by atoms with Crippen LogP contribution in [0, 0.1) is 12.7 Å². The molecule has 0 N–H and O–H groups in total. The van der Waals surface area contributed by atoms with E-state index in [9.17, 15) is 17.6 Å². The van der Waals surface area contributed by atoms with Crippen molar-refractivity contribution in [2.24, 2.45) is 0 Å². The summed E-state index contributed by atoms with van der Waals surface area (Å²) in [5.41, 5.74) is 1.80. The Balaban J connectivity index is 1.96. The van der Waals surface area contributed by atoms with Crippen LogP contribution in [0.15, 0.2) is 18.3 Å². The molecule has 0 unspecified atom stereocenters. The number of methoxy groups -OCH3 is 1. The Morgan fingerprint density at radius 1 is 1.19 bits per heavy atom. The highest BCUT2D eigenvalue weighted by Crippen LogP contribution is 2.26. The first-order valence-electron chi connectivity index (χ1n) is 7.35. The van der Waals surface area contributed by atoms with Gasteiger partial charge in [0.1, 0.15) is 6.61 Å². The number of aromatic nitrogens is 5.